The molecule has 100 valence electrons. The number of halogens is 1. The van der Waals surface area contributed by atoms with Crippen LogP contribution >= 0.6 is 15.9 Å². The summed E-state index contributed by atoms with van der Waals surface area (Å²) in [5, 5.41) is 1.13. The molecule has 1 aromatic carbocycles. The molecule has 0 radical (unpaired) electrons. The Morgan fingerprint density at radius 1 is 1.22 bits per heavy atom. The Kier molecular flexibility index (Phi) is 5.25. The highest BCUT2D eigenvalue weighted by molar-refractivity contribution is 9.09. The fourth-order valence-electron chi connectivity index (χ4n) is 2.86. The van der Waals surface area contributed by atoms with Crippen LogP contribution in [-0.2, 0) is 6.54 Å². The van der Waals surface area contributed by atoms with Crippen LogP contribution in [0.15, 0.2) is 18.2 Å². The first kappa shape index (κ1) is 14.1. The van der Waals surface area contributed by atoms with E-state index in [2.05, 4.69) is 52.9 Å². The molecular weight excluding hydrogens is 286 g/mol. The predicted octanol–water partition coefficient (Wildman–Crippen LogP) is 4.44. The third-order valence-electron chi connectivity index (χ3n) is 4.15. The minimum absolute atomic E-state index is 0.778. The molecule has 1 saturated heterocycles. The van der Waals surface area contributed by atoms with Gasteiger partial charge < -0.3 is 0 Å². The first-order valence-corrected chi connectivity index (χ1v) is 8.19. The van der Waals surface area contributed by atoms with Crippen molar-refractivity contribution >= 4 is 15.9 Å². The number of hydrogen-bond acceptors (Lipinski definition) is 1. The maximum atomic E-state index is 3.59. The molecule has 0 N–H and O–H groups in total. The van der Waals surface area contributed by atoms with Crippen LogP contribution in [0.25, 0.3) is 0 Å². The fourth-order valence-corrected chi connectivity index (χ4v) is 3.39. The van der Waals surface area contributed by atoms with Gasteiger partial charge in [0.15, 0.2) is 0 Å². The van der Waals surface area contributed by atoms with Gasteiger partial charge in [0.05, 0.1) is 0 Å². The zero-order chi connectivity index (χ0) is 13.0. The number of hydrogen-bond donors (Lipinski definition) is 0. The normalized spacial score (nSPS) is 21.2. The number of likely N-dealkylation sites (tertiary alicyclic amines) is 1. The molecule has 1 unspecified atom stereocenters. The van der Waals surface area contributed by atoms with E-state index in [1.807, 2.05) is 0 Å². The zero-order valence-electron chi connectivity index (χ0n) is 11.6. The van der Waals surface area contributed by atoms with Crippen LogP contribution in [0, 0.1) is 13.8 Å². The highest BCUT2D eigenvalue weighted by atomic mass is 79.9. The van der Waals surface area contributed by atoms with Crippen molar-refractivity contribution in [2.24, 2.45) is 0 Å². The second kappa shape index (κ2) is 6.72. The molecule has 0 spiro atoms. The van der Waals surface area contributed by atoms with E-state index in [-0.39, 0.29) is 0 Å². The largest absolute Gasteiger partial charge is 0.296 e. The van der Waals surface area contributed by atoms with Gasteiger partial charge in [0.2, 0.25) is 0 Å². The first-order valence-electron chi connectivity index (χ1n) is 7.07. The topological polar surface area (TPSA) is 3.24 Å². The maximum absolute atomic E-state index is 3.59. The van der Waals surface area contributed by atoms with Crippen molar-refractivity contribution in [3.63, 3.8) is 0 Å². The number of piperidine rings is 1. The number of benzene rings is 1. The molecule has 18 heavy (non-hydrogen) atoms. The van der Waals surface area contributed by atoms with Crippen LogP contribution in [-0.4, -0.2) is 22.8 Å². The summed E-state index contributed by atoms with van der Waals surface area (Å²) in [6, 6.07) is 7.69. The number of rotatable bonds is 4. The Morgan fingerprint density at radius 2 is 2.06 bits per heavy atom. The van der Waals surface area contributed by atoms with Crippen molar-refractivity contribution in [2.75, 3.05) is 11.9 Å². The van der Waals surface area contributed by atoms with Crippen LogP contribution in [0.4, 0.5) is 0 Å². The summed E-state index contributed by atoms with van der Waals surface area (Å²) in [6.07, 6.45) is 5.42. The van der Waals surface area contributed by atoms with Crippen molar-refractivity contribution in [3.8, 4) is 0 Å². The second-order valence-corrected chi connectivity index (χ2v) is 6.31. The standard InChI is InChI=1S/C16H24BrN/c1-13-6-7-15(11-14(13)2)12-18-10-4-3-5-16(18)8-9-17/h6-7,11,16H,3-5,8-10,12H2,1-2H3. The van der Waals surface area contributed by atoms with Crippen LogP contribution in [0.1, 0.15) is 42.4 Å². The summed E-state index contributed by atoms with van der Waals surface area (Å²) in [6.45, 7) is 6.79. The van der Waals surface area contributed by atoms with Gasteiger partial charge in [0.1, 0.15) is 0 Å². The summed E-state index contributed by atoms with van der Waals surface area (Å²) in [4.78, 5) is 2.68. The van der Waals surface area contributed by atoms with Crippen LogP contribution < -0.4 is 0 Å². The molecule has 2 rings (SSSR count). The summed E-state index contributed by atoms with van der Waals surface area (Å²) < 4.78 is 0. The molecular formula is C16H24BrN. The lowest BCUT2D eigenvalue weighted by Crippen LogP contribution is -2.39. The second-order valence-electron chi connectivity index (χ2n) is 5.52. The maximum Gasteiger partial charge on any atom is 0.0236 e. The van der Waals surface area contributed by atoms with Crippen molar-refractivity contribution in [1.29, 1.82) is 0 Å². The Hall–Kier alpha value is -0.340. The monoisotopic (exact) mass is 309 g/mol. The number of alkyl halides is 1. The SMILES string of the molecule is Cc1ccc(CN2CCCCC2CCBr)cc1C. The van der Waals surface area contributed by atoms with Gasteiger partial charge in [0.25, 0.3) is 0 Å². The van der Waals surface area contributed by atoms with E-state index in [0.717, 1.165) is 17.9 Å². The lowest BCUT2D eigenvalue weighted by Gasteiger charge is -2.35. The smallest absolute Gasteiger partial charge is 0.0236 e. The Labute approximate surface area is 120 Å². The van der Waals surface area contributed by atoms with E-state index in [1.165, 1.54) is 48.9 Å². The number of aryl methyl sites for hydroxylation is 2. The van der Waals surface area contributed by atoms with Crippen LogP contribution in [0.2, 0.25) is 0 Å². The Balaban J connectivity index is 2.03. The van der Waals surface area contributed by atoms with Crippen LogP contribution in [0.3, 0.4) is 0 Å². The van der Waals surface area contributed by atoms with Gasteiger partial charge in [-0.05, 0) is 56.3 Å². The predicted molar refractivity (Wildman–Crippen MR) is 82.4 cm³/mol. The average Bonchev–Trinajstić information content (AvgIpc) is 2.37. The molecule has 1 aromatic rings. The van der Waals surface area contributed by atoms with Gasteiger partial charge in [-0.25, -0.2) is 0 Å². The number of nitrogens with zero attached hydrogens (tertiary/aromatic N) is 1. The summed E-state index contributed by atoms with van der Waals surface area (Å²) >= 11 is 3.59. The lowest BCUT2D eigenvalue weighted by atomic mass is 9.98. The van der Waals surface area contributed by atoms with E-state index >= 15 is 0 Å². The van der Waals surface area contributed by atoms with Gasteiger partial charge in [0, 0.05) is 17.9 Å². The molecule has 0 amide bonds. The fraction of sp³-hybridized carbons (Fsp3) is 0.625. The quantitative estimate of drug-likeness (QED) is 0.743. The molecule has 1 aliphatic heterocycles. The summed E-state index contributed by atoms with van der Waals surface area (Å²) in [5.74, 6) is 0. The van der Waals surface area contributed by atoms with Gasteiger partial charge in [-0.2, -0.15) is 0 Å². The van der Waals surface area contributed by atoms with Gasteiger partial charge in [-0.1, -0.05) is 40.5 Å². The van der Waals surface area contributed by atoms with Gasteiger partial charge >= 0.3 is 0 Å². The van der Waals surface area contributed by atoms with E-state index in [4.69, 9.17) is 0 Å². The minimum atomic E-state index is 0.778. The highest BCUT2D eigenvalue weighted by Crippen LogP contribution is 2.23. The van der Waals surface area contributed by atoms with Crippen molar-refractivity contribution in [1.82, 2.24) is 4.90 Å². The Bertz CT molecular complexity index is 387. The molecule has 2 heteroatoms. The van der Waals surface area contributed by atoms with Gasteiger partial charge in [-0.15, -0.1) is 0 Å². The molecule has 0 aliphatic carbocycles. The molecule has 0 saturated carbocycles. The van der Waals surface area contributed by atoms with Crippen molar-refractivity contribution in [3.05, 3.63) is 34.9 Å². The van der Waals surface area contributed by atoms with E-state index in [0.29, 0.717) is 0 Å². The molecule has 0 aromatic heterocycles. The van der Waals surface area contributed by atoms with Crippen LogP contribution in [0.5, 0.6) is 0 Å². The van der Waals surface area contributed by atoms with Gasteiger partial charge in [-0.3, -0.25) is 4.90 Å². The van der Waals surface area contributed by atoms with E-state index in [1.54, 1.807) is 0 Å². The minimum Gasteiger partial charge on any atom is -0.296 e. The molecule has 1 fully saturated rings. The highest BCUT2D eigenvalue weighted by Gasteiger charge is 2.21. The third kappa shape index (κ3) is 3.58. The van der Waals surface area contributed by atoms with Crippen molar-refractivity contribution in [2.45, 2.75) is 52.1 Å². The molecule has 1 aliphatic rings. The summed E-state index contributed by atoms with van der Waals surface area (Å²) in [7, 11) is 0. The first-order chi connectivity index (χ1) is 8.70. The molecule has 1 heterocycles. The lowest BCUT2D eigenvalue weighted by molar-refractivity contribution is 0.137. The van der Waals surface area contributed by atoms with E-state index < -0.39 is 0 Å². The van der Waals surface area contributed by atoms with E-state index in [9.17, 15) is 0 Å². The molecule has 1 atom stereocenters. The summed E-state index contributed by atoms with van der Waals surface area (Å²) in [5.41, 5.74) is 4.29. The zero-order valence-corrected chi connectivity index (χ0v) is 13.2. The average molecular weight is 310 g/mol. The Morgan fingerprint density at radius 3 is 2.78 bits per heavy atom. The van der Waals surface area contributed by atoms with Crippen molar-refractivity contribution < 1.29 is 0 Å². The molecule has 1 nitrogen and oxygen atoms in total. The molecule has 0 bridgehead atoms. The third-order valence-corrected chi connectivity index (χ3v) is 4.61.